The molecule has 3 unspecified atom stereocenters. The molecule has 3 aliphatic carbocycles. The van der Waals surface area contributed by atoms with E-state index in [-0.39, 0.29) is 10.7 Å². The van der Waals surface area contributed by atoms with Crippen molar-refractivity contribution in [1.29, 1.82) is 4.78 Å². The van der Waals surface area contributed by atoms with Crippen LogP contribution in [0.1, 0.15) is 59.8 Å². The highest BCUT2D eigenvalue weighted by Crippen LogP contribution is 2.82. The number of fused-ring (bicyclic) bond motifs is 1. The molecule has 3 fully saturated rings. The fourth-order valence-corrected chi connectivity index (χ4v) is 6.32. The second-order valence-electron chi connectivity index (χ2n) is 10.5. The van der Waals surface area contributed by atoms with Crippen molar-refractivity contribution in [2.75, 3.05) is 11.6 Å². The van der Waals surface area contributed by atoms with Gasteiger partial charge in [-0.1, -0.05) is 0 Å². The zero-order chi connectivity index (χ0) is 28.1. The summed E-state index contributed by atoms with van der Waals surface area (Å²) in [6.45, 7) is -0.947. The summed E-state index contributed by atoms with van der Waals surface area (Å²) in [5.74, 6) is -5.73. The van der Waals surface area contributed by atoms with E-state index in [2.05, 4.69) is 15.4 Å². The lowest BCUT2D eigenvalue weighted by Crippen LogP contribution is -2.31. The first-order valence-corrected chi connectivity index (χ1v) is 13.4. The van der Waals surface area contributed by atoms with Crippen LogP contribution in [-0.4, -0.2) is 43.2 Å². The van der Waals surface area contributed by atoms with Gasteiger partial charge in [0, 0.05) is 48.9 Å². The maximum Gasteiger partial charge on any atom is 0.420 e. The van der Waals surface area contributed by atoms with Gasteiger partial charge in [0.25, 0.3) is 5.91 Å². The van der Waals surface area contributed by atoms with Crippen molar-refractivity contribution in [2.45, 2.75) is 67.9 Å². The number of alkyl halides is 8. The molecule has 3 aliphatic rings. The number of carbonyl (C=O) groups excluding carboxylic acids is 1. The number of pyridine rings is 1. The summed E-state index contributed by atoms with van der Waals surface area (Å²) in [6, 6.07) is 2.18. The first-order valence-electron chi connectivity index (χ1n) is 11.4. The third-order valence-electron chi connectivity index (χ3n) is 7.52. The second kappa shape index (κ2) is 7.88. The molecule has 0 bridgehead atoms. The molecule has 2 N–H and O–H groups in total. The Bertz CT molecular complexity index is 1430. The minimum absolute atomic E-state index is 0.169. The molecule has 3 saturated carbocycles. The van der Waals surface area contributed by atoms with E-state index in [0.717, 1.165) is 24.6 Å². The van der Waals surface area contributed by atoms with Crippen LogP contribution in [-0.2, 0) is 22.5 Å². The molecule has 0 aliphatic heterocycles. The first kappa shape index (κ1) is 26.8. The van der Waals surface area contributed by atoms with Gasteiger partial charge in [-0.05, 0) is 31.4 Å². The summed E-state index contributed by atoms with van der Waals surface area (Å²) < 4.78 is 133. The van der Waals surface area contributed by atoms with Gasteiger partial charge in [0.15, 0.2) is 0 Å². The van der Waals surface area contributed by atoms with Crippen molar-refractivity contribution >= 4 is 21.3 Å². The maximum absolute atomic E-state index is 14.2. The number of anilines is 1. The summed E-state index contributed by atoms with van der Waals surface area (Å²) in [7, 11) is -3.35. The number of rotatable bonds is 6. The number of aromatic nitrogens is 3. The van der Waals surface area contributed by atoms with Gasteiger partial charge in [-0.15, -0.1) is 0 Å². The molecule has 7 nitrogen and oxygen atoms in total. The van der Waals surface area contributed by atoms with Gasteiger partial charge in [0.1, 0.15) is 16.3 Å². The van der Waals surface area contributed by atoms with Crippen molar-refractivity contribution < 1.29 is 44.1 Å². The molecule has 2 heterocycles. The predicted molar refractivity (Wildman–Crippen MR) is 116 cm³/mol. The van der Waals surface area contributed by atoms with Crippen LogP contribution in [0.3, 0.4) is 0 Å². The highest BCUT2D eigenvalue weighted by Gasteiger charge is 2.86. The normalized spacial score (nSPS) is 28.0. The topological polar surface area (TPSA) is 101 Å². The maximum atomic E-state index is 14.2. The Morgan fingerprint density at radius 2 is 1.84 bits per heavy atom. The number of nitrogens with one attached hydrogen (secondary N) is 2. The minimum atomic E-state index is -5.12. The molecule has 38 heavy (non-hydrogen) atoms. The zero-order valence-corrected chi connectivity index (χ0v) is 20.5. The van der Waals surface area contributed by atoms with E-state index in [1.165, 1.54) is 0 Å². The van der Waals surface area contributed by atoms with E-state index < -0.39 is 93.4 Å². The minimum Gasteiger partial charge on any atom is -0.320 e. The molecule has 16 heteroatoms. The monoisotopic (exact) mass is 571 g/mol. The largest absolute Gasteiger partial charge is 0.420 e. The molecule has 2 aromatic rings. The highest BCUT2D eigenvalue weighted by atomic mass is 32.2. The summed E-state index contributed by atoms with van der Waals surface area (Å²) in [5, 5.41) is 5.81. The van der Waals surface area contributed by atoms with Gasteiger partial charge >= 0.3 is 12.4 Å². The lowest BCUT2D eigenvalue weighted by molar-refractivity contribution is -0.202. The van der Waals surface area contributed by atoms with Crippen molar-refractivity contribution in [3.8, 4) is 0 Å². The van der Waals surface area contributed by atoms with E-state index in [0.29, 0.717) is 17.5 Å². The number of carbonyl (C=O) groups is 1. The Hall–Kier alpha value is -2.78. The summed E-state index contributed by atoms with van der Waals surface area (Å²) in [4.78, 5) is 17.0. The Balaban J connectivity index is 1.59. The second-order valence-corrected chi connectivity index (χ2v) is 12.6. The van der Waals surface area contributed by atoms with Crippen LogP contribution < -0.4 is 5.32 Å². The Morgan fingerprint density at radius 3 is 2.39 bits per heavy atom. The fraction of sp³-hybridized carbons (Fsp3) is 0.591. The Morgan fingerprint density at radius 1 is 1.18 bits per heavy atom. The standard InChI is InChI=1S/C22H21F8N5O2S/c1-38(31,37)13-6-12(4-5-32-13)33-17(36)16-14(21(25,26)27)15(11-2-3-11)34-35(16)10-18-7-19(18,22(28,29)30)9-20(23,24)8-18/h4-6,11,31H,2-3,7-10H2,1H3,(H,32,33,36). The Labute approximate surface area is 211 Å². The lowest BCUT2D eigenvalue weighted by atomic mass is 9.95. The Kier molecular flexibility index (Phi) is 5.56. The predicted octanol–water partition coefficient (Wildman–Crippen LogP) is 5.83. The lowest BCUT2D eigenvalue weighted by Gasteiger charge is -2.21. The molecule has 0 spiro atoms. The van der Waals surface area contributed by atoms with Crippen LogP contribution in [0.5, 0.6) is 0 Å². The van der Waals surface area contributed by atoms with Crippen LogP contribution in [0.2, 0.25) is 0 Å². The van der Waals surface area contributed by atoms with Gasteiger partial charge in [-0.25, -0.2) is 22.8 Å². The van der Waals surface area contributed by atoms with Crippen molar-refractivity contribution in [3.05, 3.63) is 35.3 Å². The summed E-state index contributed by atoms with van der Waals surface area (Å²) >= 11 is 0. The molecule has 5 rings (SSSR count). The smallest absolute Gasteiger partial charge is 0.320 e. The SMILES string of the molecule is CS(=N)(=O)c1cc(NC(=O)c2c(C(F)(F)F)c(C3CC3)nn2CC23CC(F)(F)CC2(C(F)(F)F)C3)ccn1. The fourth-order valence-electron chi connectivity index (χ4n) is 5.70. The third-order valence-corrected chi connectivity index (χ3v) is 8.54. The number of hydrogen-bond acceptors (Lipinski definition) is 5. The third kappa shape index (κ3) is 4.33. The quantitative estimate of drug-likeness (QED) is 0.426. The van der Waals surface area contributed by atoms with Crippen molar-refractivity contribution in [3.63, 3.8) is 0 Å². The van der Waals surface area contributed by atoms with E-state index in [1.54, 1.807) is 0 Å². The van der Waals surface area contributed by atoms with Gasteiger partial charge < -0.3 is 5.32 Å². The number of hydrogen-bond donors (Lipinski definition) is 2. The van der Waals surface area contributed by atoms with E-state index >= 15 is 0 Å². The molecular weight excluding hydrogens is 550 g/mol. The number of nitrogens with zero attached hydrogens (tertiary/aromatic N) is 3. The molecule has 2 aromatic heterocycles. The molecular formula is C22H21F8N5O2S. The van der Waals surface area contributed by atoms with Crippen LogP contribution in [0, 0.1) is 15.6 Å². The van der Waals surface area contributed by atoms with Gasteiger partial charge in [-0.2, -0.15) is 31.4 Å². The molecule has 208 valence electrons. The van der Waals surface area contributed by atoms with Crippen molar-refractivity contribution in [2.24, 2.45) is 10.8 Å². The average molecular weight is 571 g/mol. The van der Waals surface area contributed by atoms with Crippen LogP contribution in [0.4, 0.5) is 40.8 Å². The van der Waals surface area contributed by atoms with Gasteiger partial charge in [0.05, 0.1) is 20.8 Å². The molecule has 3 atom stereocenters. The summed E-state index contributed by atoms with van der Waals surface area (Å²) in [6.07, 6.45) is -10.8. The zero-order valence-electron chi connectivity index (χ0n) is 19.6. The van der Waals surface area contributed by atoms with Crippen LogP contribution in [0.15, 0.2) is 23.4 Å². The van der Waals surface area contributed by atoms with Crippen LogP contribution in [0.25, 0.3) is 0 Å². The molecule has 1 amide bonds. The van der Waals surface area contributed by atoms with Gasteiger partial charge in [0.2, 0.25) is 5.92 Å². The van der Waals surface area contributed by atoms with E-state index in [4.69, 9.17) is 4.78 Å². The van der Waals surface area contributed by atoms with Crippen molar-refractivity contribution in [1.82, 2.24) is 14.8 Å². The number of halogens is 8. The van der Waals surface area contributed by atoms with E-state index in [1.807, 2.05) is 0 Å². The molecule has 0 aromatic carbocycles. The van der Waals surface area contributed by atoms with E-state index in [9.17, 15) is 44.1 Å². The molecule has 0 radical (unpaired) electrons. The highest BCUT2D eigenvalue weighted by molar-refractivity contribution is 7.91. The molecule has 0 saturated heterocycles. The van der Waals surface area contributed by atoms with Crippen LogP contribution >= 0.6 is 0 Å². The first-order chi connectivity index (χ1) is 17.3. The number of amides is 1. The summed E-state index contributed by atoms with van der Waals surface area (Å²) in [5.41, 5.74) is -8.09. The average Bonchev–Trinajstić information content (AvgIpc) is 3.62. The van der Waals surface area contributed by atoms with Gasteiger partial charge in [-0.3, -0.25) is 9.48 Å².